The second kappa shape index (κ2) is 6.48. The lowest BCUT2D eigenvalue weighted by atomic mass is 10.2. The van der Waals surface area contributed by atoms with Gasteiger partial charge in [0.1, 0.15) is 0 Å². The fourth-order valence-corrected chi connectivity index (χ4v) is 2.60. The van der Waals surface area contributed by atoms with Crippen LogP contribution in [0.15, 0.2) is 48.5 Å². The zero-order valence-corrected chi connectivity index (χ0v) is 14.0. The molecule has 0 saturated heterocycles. The van der Waals surface area contributed by atoms with Crippen LogP contribution in [0, 0.1) is 9.49 Å². The van der Waals surface area contributed by atoms with E-state index >= 15 is 0 Å². The van der Waals surface area contributed by atoms with Crippen molar-refractivity contribution in [2.75, 3.05) is 10.6 Å². The Labute approximate surface area is 142 Å². The number of rotatable bonds is 4. The number of carbonyl (C=O) groups excluding carboxylic acids is 2. The van der Waals surface area contributed by atoms with Crippen LogP contribution in [-0.4, -0.2) is 11.8 Å². The van der Waals surface area contributed by atoms with Gasteiger partial charge in [-0.05, 0) is 77.9 Å². The van der Waals surface area contributed by atoms with E-state index in [2.05, 4.69) is 33.2 Å². The lowest BCUT2D eigenvalue weighted by Crippen LogP contribution is -2.14. The van der Waals surface area contributed by atoms with E-state index in [4.69, 9.17) is 0 Å². The Hall–Kier alpha value is -1.89. The van der Waals surface area contributed by atoms with Gasteiger partial charge in [-0.2, -0.15) is 0 Å². The molecule has 0 bridgehead atoms. The molecular weight excluding hydrogens is 391 g/mol. The van der Waals surface area contributed by atoms with Gasteiger partial charge in [-0.15, -0.1) is 0 Å². The van der Waals surface area contributed by atoms with Gasteiger partial charge in [0.25, 0.3) is 5.91 Å². The monoisotopic (exact) mass is 406 g/mol. The molecule has 2 amide bonds. The Bertz CT molecular complexity index is 709. The molecule has 2 N–H and O–H groups in total. The molecule has 0 aromatic heterocycles. The lowest BCUT2D eigenvalue weighted by molar-refractivity contribution is -0.117. The lowest BCUT2D eigenvalue weighted by Gasteiger charge is -2.08. The van der Waals surface area contributed by atoms with E-state index in [1.807, 2.05) is 18.2 Å². The highest BCUT2D eigenvalue weighted by molar-refractivity contribution is 14.1. The molecule has 0 spiro atoms. The largest absolute Gasteiger partial charge is 0.326 e. The van der Waals surface area contributed by atoms with Gasteiger partial charge in [0.2, 0.25) is 5.91 Å². The number of carbonyl (C=O) groups is 2. The van der Waals surface area contributed by atoms with Gasteiger partial charge in [-0.25, -0.2) is 0 Å². The van der Waals surface area contributed by atoms with Crippen LogP contribution in [0.4, 0.5) is 11.4 Å². The van der Waals surface area contributed by atoms with Crippen molar-refractivity contribution >= 4 is 45.8 Å². The third kappa shape index (κ3) is 3.85. The summed E-state index contributed by atoms with van der Waals surface area (Å²) in [6.07, 6.45) is 1.96. The van der Waals surface area contributed by atoms with Crippen molar-refractivity contribution in [3.63, 3.8) is 0 Å². The smallest absolute Gasteiger partial charge is 0.255 e. The van der Waals surface area contributed by atoms with Crippen LogP contribution in [0.5, 0.6) is 0 Å². The zero-order chi connectivity index (χ0) is 15.5. The first-order valence-electron chi connectivity index (χ1n) is 7.10. The normalized spacial score (nSPS) is 13.5. The number of halogens is 1. The average molecular weight is 406 g/mol. The summed E-state index contributed by atoms with van der Waals surface area (Å²) in [6.45, 7) is 0. The average Bonchev–Trinajstić information content (AvgIpc) is 3.34. The van der Waals surface area contributed by atoms with Crippen LogP contribution in [-0.2, 0) is 4.79 Å². The second-order valence-electron chi connectivity index (χ2n) is 5.31. The van der Waals surface area contributed by atoms with Gasteiger partial charge in [-0.1, -0.05) is 6.07 Å². The zero-order valence-electron chi connectivity index (χ0n) is 11.8. The molecule has 0 atom stereocenters. The molecule has 2 aromatic carbocycles. The molecule has 0 heterocycles. The molecule has 2 aromatic rings. The molecular formula is C17H15IN2O2. The summed E-state index contributed by atoms with van der Waals surface area (Å²) in [6, 6.07) is 14.6. The highest BCUT2D eigenvalue weighted by atomic mass is 127. The summed E-state index contributed by atoms with van der Waals surface area (Å²) in [5.41, 5.74) is 2.08. The van der Waals surface area contributed by atoms with Crippen molar-refractivity contribution in [3.05, 3.63) is 57.7 Å². The maximum atomic E-state index is 12.1. The van der Waals surface area contributed by atoms with Gasteiger partial charge in [0.05, 0.1) is 0 Å². The third-order valence-electron chi connectivity index (χ3n) is 3.45. The Morgan fingerprint density at radius 2 is 1.59 bits per heavy atom. The number of anilines is 2. The van der Waals surface area contributed by atoms with E-state index in [1.54, 1.807) is 30.3 Å². The standard InChI is InChI=1S/C17H15IN2O2/c18-13-3-1-2-12(10-13)17(22)20-15-8-6-14(7-9-15)19-16(21)11-4-5-11/h1-3,6-11H,4-5H2,(H,19,21)(H,20,22). The third-order valence-corrected chi connectivity index (χ3v) is 4.12. The molecule has 1 saturated carbocycles. The van der Waals surface area contributed by atoms with Crippen LogP contribution >= 0.6 is 22.6 Å². The van der Waals surface area contributed by atoms with Crippen molar-refractivity contribution < 1.29 is 9.59 Å². The Kier molecular flexibility index (Phi) is 4.42. The minimum atomic E-state index is -0.145. The Morgan fingerprint density at radius 1 is 0.955 bits per heavy atom. The quantitative estimate of drug-likeness (QED) is 0.757. The molecule has 0 unspecified atom stereocenters. The topological polar surface area (TPSA) is 58.2 Å². The van der Waals surface area contributed by atoms with Gasteiger partial charge >= 0.3 is 0 Å². The van der Waals surface area contributed by atoms with Crippen molar-refractivity contribution in [3.8, 4) is 0 Å². The summed E-state index contributed by atoms with van der Waals surface area (Å²) in [5.74, 6) is 0.115. The maximum Gasteiger partial charge on any atom is 0.255 e. The van der Waals surface area contributed by atoms with Crippen LogP contribution in [0.1, 0.15) is 23.2 Å². The molecule has 0 aliphatic heterocycles. The first-order valence-corrected chi connectivity index (χ1v) is 8.17. The van der Waals surface area contributed by atoms with Gasteiger partial charge < -0.3 is 10.6 Å². The van der Waals surface area contributed by atoms with E-state index in [9.17, 15) is 9.59 Å². The maximum absolute atomic E-state index is 12.1. The number of nitrogens with one attached hydrogen (secondary N) is 2. The fourth-order valence-electron chi connectivity index (χ4n) is 2.06. The summed E-state index contributed by atoms with van der Waals surface area (Å²) in [4.78, 5) is 23.8. The van der Waals surface area contributed by atoms with Crippen molar-refractivity contribution in [2.24, 2.45) is 5.92 Å². The number of benzene rings is 2. The predicted molar refractivity (Wildman–Crippen MR) is 94.9 cm³/mol. The molecule has 4 nitrogen and oxygen atoms in total. The Balaban J connectivity index is 1.63. The number of hydrogen-bond donors (Lipinski definition) is 2. The molecule has 0 radical (unpaired) electrons. The highest BCUT2D eigenvalue weighted by Gasteiger charge is 2.29. The first kappa shape index (κ1) is 15.0. The number of hydrogen-bond acceptors (Lipinski definition) is 2. The predicted octanol–water partition coefficient (Wildman–Crippen LogP) is 3.89. The Morgan fingerprint density at radius 3 is 2.18 bits per heavy atom. The molecule has 1 fully saturated rings. The second-order valence-corrected chi connectivity index (χ2v) is 6.55. The van der Waals surface area contributed by atoms with Crippen molar-refractivity contribution in [1.29, 1.82) is 0 Å². The molecule has 1 aliphatic carbocycles. The summed E-state index contributed by atoms with van der Waals surface area (Å²) in [7, 11) is 0. The summed E-state index contributed by atoms with van der Waals surface area (Å²) < 4.78 is 1.02. The molecule has 3 rings (SSSR count). The molecule has 22 heavy (non-hydrogen) atoms. The van der Waals surface area contributed by atoms with Gasteiger partial charge in [0.15, 0.2) is 0 Å². The number of amides is 2. The minimum Gasteiger partial charge on any atom is -0.326 e. The molecule has 112 valence electrons. The van der Waals surface area contributed by atoms with Crippen LogP contribution in [0.3, 0.4) is 0 Å². The van der Waals surface area contributed by atoms with Crippen LogP contribution in [0.25, 0.3) is 0 Å². The first-order chi connectivity index (χ1) is 10.6. The minimum absolute atomic E-state index is 0.0793. The van der Waals surface area contributed by atoms with E-state index in [-0.39, 0.29) is 17.7 Å². The van der Waals surface area contributed by atoms with Gasteiger partial charge in [-0.3, -0.25) is 9.59 Å². The van der Waals surface area contributed by atoms with Crippen LogP contribution < -0.4 is 10.6 Å². The van der Waals surface area contributed by atoms with E-state index in [0.29, 0.717) is 11.3 Å². The molecule has 5 heteroatoms. The van der Waals surface area contributed by atoms with Crippen molar-refractivity contribution in [2.45, 2.75) is 12.8 Å². The van der Waals surface area contributed by atoms with Crippen molar-refractivity contribution in [1.82, 2.24) is 0 Å². The van der Waals surface area contributed by atoms with E-state index in [1.165, 1.54) is 0 Å². The summed E-state index contributed by atoms with van der Waals surface area (Å²) in [5, 5.41) is 5.72. The summed E-state index contributed by atoms with van der Waals surface area (Å²) >= 11 is 2.18. The SMILES string of the molecule is O=C(Nc1ccc(NC(=O)C2CC2)cc1)c1cccc(I)c1. The molecule has 1 aliphatic rings. The van der Waals surface area contributed by atoms with E-state index in [0.717, 1.165) is 22.1 Å². The fraction of sp³-hybridized carbons (Fsp3) is 0.176. The van der Waals surface area contributed by atoms with Gasteiger partial charge in [0, 0.05) is 26.4 Å². The van der Waals surface area contributed by atoms with E-state index < -0.39 is 0 Å². The van der Waals surface area contributed by atoms with Crippen LogP contribution in [0.2, 0.25) is 0 Å². The highest BCUT2D eigenvalue weighted by Crippen LogP contribution is 2.30.